The lowest BCUT2D eigenvalue weighted by Gasteiger charge is -2.15. The molecule has 0 spiro atoms. The normalized spacial score (nSPS) is 12.6. The summed E-state index contributed by atoms with van der Waals surface area (Å²) in [6.07, 6.45) is 5.85. The highest BCUT2D eigenvalue weighted by Crippen LogP contribution is 2.22. The van der Waals surface area contributed by atoms with Gasteiger partial charge in [0.05, 0.1) is 18.6 Å². The maximum atomic E-state index is 5.14. The molecule has 0 saturated carbocycles. The lowest BCUT2D eigenvalue weighted by atomic mass is 9.99. The first-order valence-electron chi connectivity index (χ1n) is 6.13. The minimum absolute atomic E-state index is 0.212. The monoisotopic (exact) mass is 229 g/mol. The van der Waals surface area contributed by atoms with Gasteiger partial charge in [-0.1, -0.05) is 37.6 Å². The third-order valence-electron chi connectivity index (χ3n) is 3.02. The Morgan fingerprint density at radius 2 is 1.88 bits per heavy atom. The van der Waals surface area contributed by atoms with E-state index in [0.717, 1.165) is 12.0 Å². The Bertz CT molecular complexity index is 430. The first-order chi connectivity index (χ1) is 8.35. The second-order valence-corrected chi connectivity index (χ2v) is 4.27. The average Bonchev–Trinajstić information content (AvgIpc) is 2.86. The molecule has 0 bridgehead atoms. The second-order valence-electron chi connectivity index (χ2n) is 4.27. The van der Waals surface area contributed by atoms with Crippen LogP contribution in [-0.4, -0.2) is 7.05 Å². The van der Waals surface area contributed by atoms with Gasteiger partial charge in [0.2, 0.25) is 0 Å². The lowest BCUT2D eigenvalue weighted by molar-refractivity contribution is 0.557. The van der Waals surface area contributed by atoms with Gasteiger partial charge >= 0.3 is 0 Å². The van der Waals surface area contributed by atoms with Crippen molar-refractivity contribution in [1.82, 2.24) is 5.32 Å². The number of rotatable bonds is 5. The van der Waals surface area contributed by atoms with Gasteiger partial charge in [-0.3, -0.25) is 0 Å². The van der Waals surface area contributed by atoms with E-state index in [1.54, 1.807) is 12.5 Å². The summed E-state index contributed by atoms with van der Waals surface area (Å²) in [5.74, 6) is 0. The third kappa shape index (κ3) is 2.77. The minimum Gasteiger partial charge on any atom is -0.472 e. The van der Waals surface area contributed by atoms with Gasteiger partial charge in [-0.2, -0.15) is 0 Å². The maximum Gasteiger partial charge on any atom is 0.0953 e. The zero-order valence-electron chi connectivity index (χ0n) is 10.4. The molecule has 2 rings (SSSR count). The van der Waals surface area contributed by atoms with Gasteiger partial charge in [-0.15, -0.1) is 0 Å². The Morgan fingerprint density at radius 3 is 2.41 bits per heavy atom. The molecule has 0 radical (unpaired) electrons. The quantitative estimate of drug-likeness (QED) is 0.848. The zero-order chi connectivity index (χ0) is 12.1. The summed E-state index contributed by atoms with van der Waals surface area (Å²) in [6, 6.07) is 11.0. The molecule has 0 aliphatic rings. The van der Waals surface area contributed by atoms with Crippen molar-refractivity contribution < 1.29 is 4.42 Å². The van der Waals surface area contributed by atoms with Crippen molar-refractivity contribution in [3.63, 3.8) is 0 Å². The van der Waals surface area contributed by atoms with Crippen LogP contribution in [0.1, 0.15) is 36.1 Å². The Kier molecular flexibility index (Phi) is 3.99. The van der Waals surface area contributed by atoms with E-state index in [0.29, 0.717) is 0 Å². The van der Waals surface area contributed by atoms with Crippen LogP contribution >= 0.6 is 0 Å². The van der Waals surface area contributed by atoms with E-state index in [4.69, 9.17) is 4.42 Å². The van der Waals surface area contributed by atoms with E-state index in [2.05, 4.69) is 36.5 Å². The average molecular weight is 229 g/mol. The van der Waals surface area contributed by atoms with Crippen molar-refractivity contribution in [3.05, 3.63) is 59.5 Å². The molecule has 2 aromatic rings. The van der Waals surface area contributed by atoms with Gasteiger partial charge in [0.1, 0.15) is 0 Å². The molecule has 0 saturated heterocycles. The number of nitrogens with one attached hydrogen (secondary N) is 1. The Hall–Kier alpha value is -1.54. The van der Waals surface area contributed by atoms with E-state index in [1.165, 1.54) is 17.5 Å². The van der Waals surface area contributed by atoms with Crippen LogP contribution in [0.2, 0.25) is 0 Å². The van der Waals surface area contributed by atoms with Gasteiger partial charge in [0.25, 0.3) is 0 Å². The lowest BCUT2D eigenvalue weighted by Crippen LogP contribution is -2.16. The van der Waals surface area contributed by atoms with Gasteiger partial charge < -0.3 is 9.73 Å². The molecule has 0 aliphatic carbocycles. The van der Waals surface area contributed by atoms with E-state index >= 15 is 0 Å². The number of hydrogen-bond donors (Lipinski definition) is 1. The van der Waals surface area contributed by atoms with Crippen molar-refractivity contribution in [1.29, 1.82) is 0 Å². The summed E-state index contributed by atoms with van der Waals surface area (Å²) < 4.78 is 5.14. The molecular weight excluding hydrogens is 210 g/mol. The largest absolute Gasteiger partial charge is 0.472 e. The van der Waals surface area contributed by atoms with Crippen LogP contribution in [0.4, 0.5) is 0 Å². The van der Waals surface area contributed by atoms with Crippen LogP contribution in [0.25, 0.3) is 0 Å². The summed E-state index contributed by atoms with van der Waals surface area (Å²) in [7, 11) is 1.97. The van der Waals surface area contributed by atoms with Crippen molar-refractivity contribution >= 4 is 0 Å². The molecule has 1 heterocycles. The number of hydrogen-bond acceptors (Lipinski definition) is 2. The van der Waals surface area contributed by atoms with Gasteiger partial charge in [-0.05, 0) is 30.7 Å². The summed E-state index contributed by atoms with van der Waals surface area (Å²) >= 11 is 0. The van der Waals surface area contributed by atoms with Gasteiger partial charge in [0, 0.05) is 5.56 Å². The molecule has 0 aliphatic heterocycles. The Labute approximate surface area is 103 Å². The molecule has 1 aromatic heterocycles. The molecule has 17 heavy (non-hydrogen) atoms. The van der Waals surface area contributed by atoms with Gasteiger partial charge in [-0.25, -0.2) is 0 Å². The number of benzene rings is 1. The van der Waals surface area contributed by atoms with Crippen LogP contribution in [0.15, 0.2) is 47.3 Å². The van der Waals surface area contributed by atoms with Crippen LogP contribution in [-0.2, 0) is 6.42 Å². The first-order valence-corrected chi connectivity index (χ1v) is 6.13. The fourth-order valence-corrected chi connectivity index (χ4v) is 2.13. The number of furan rings is 1. The second kappa shape index (κ2) is 5.69. The number of aryl methyl sites for hydroxylation is 1. The molecule has 2 nitrogen and oxygen atoms in total. The molecule has 2 heteroatoms. The highest BCUT2D eigenvalue weighted by molar-refractivity contribution is 5.31. The summed E-state index contributed by atoms with van der Waals surface area (Å²) in [5.41, 5.74) is 3.84. The molecule has 1 aromatic carbocycles. The summed E-state index contributed by atoms with van der Waals surface area (Å²) in [6.45, 7) is 2.20. The van der Waals surface area contributed by atoms with E-state index in [-0.39, 0.29) is 6.04 Å². The molecule has 0 amide bonds. The van der Waals surface area contributed by atoms with Crippen molar-refractivity contribution in [2.75, 3.05) is 7.05 Å². The van der Waals surface area contributed by atoms with E-state index in [9.17, 15) is 0 Å². The molecule has 90 valence electrons. The predicted octanol–water partition coefficient (Wildman–Crippen LogP) is 3.54. The van der Waals surface area contributed by atoms with Crippen molar-refractivity contribution in [3.8, 4) is 0 Å². The fraction of sp³-hybridized carbons (Fsp3) is 0.333. The molecule has 0 fully saturated rings. The van der Waals surface area contributed by atoms with E-state index < -0.39 is 0 Å². The SMILES string of the molecule is CCCc1ccc(C(NC)c2ccoc2)cc1. The van der Waals surface area contributed by atoms with E-state index in [1.807, 2.05) is 13.1 Å². The predicted molar refractivity (Wildman–Crippen MR) is 70.0 cm³/mol. The van der Waals surface area contributed by atoms with Crippen LogP contribution in [0.5, 0.6) is 0 Å². The summed E-state index contributed by atoms with van der Waals surface area (Å²) in [4.78, 5) is 0. The maximum absolute atomic E-state index is 5.14. The minimum atomic E-state index is 0.212. The van der Waals surface area contributed by atoms with Crippen molar-refractivity contribution in [2.24, 2.45) is 0 Å². The standard InChI is InChI=1S/C15H19NO/c1-3-4-12-5-7-13(8-6-12)15(16-2)14-9-10-17-11-14/h5-11,15-16H,3-4H2,1-2H3. The highest BCUT2D eigenvalue weighted by atomic mass is 16.3. The molecular formula is C15H19NO. The van der Waals surface area contributed by atoms with Gasteiger partial charge in [0.15, 0.2) is 0 Å². The topological polar surface area (TPSA) is 25.2 Å². The third-order valence-corrected chi connectivity index (χ3v) is 3.02. The molecule has 1 atom stereocenters. The molecule has 1 N–H and O–H groups in total. The first kappa shape index (κ1) is 11.9. The Balaban J connectivity index is 2.20. The zero-order valence-corrected chi connectivity index (χ0v) is 10.4. The smallest absolute Gasteiger partial charge is 0.0953 e. The Morgan fingerprint density at radius 1 is 1.12 bits per heavy atom. The van der Waals surface area contributed by atoms with Crippen LogP contribution in [0, 0.1) is 0 Å². The van der Waals surface area contributed by atoms with Crippen LogP contribution < -0.4 is 5.32 Å². The van der Waals surface area contributed by atoms with Crippen molar-refractivity contribution in [2.45, 2.75) is 25.8 Å². The fourth-order valence-electron chi connectivity index (χ4n) is 2.13. The highest BCUT2D eigenvalue weighted by Gasteiger charge is 2.12. The van der Waals surface area contributed by atoms with Crippen LogP contribution in [0.3, 0.4) is 0 Å². The summed E-state index contributed by atoms with van der Waals surface area (Å²) in [5, 5.41) is 3.31. The molecule has 1 unspecified atom stereocenters.